The van der Waals surface area contributed by atoms with Crippen molar-refractivity contribution >= 4 is 28.7 Å². The van der Waals surface area contributed by atoms with E-state index < -0.39 is 0 Å². The van der Waals surface area contributed by atoms with E-state index in [0.29, 0.717) is 22.7 Å². The molecule has 0 saturated heterocycles. The zero-order valence-corrected chi connectivity index (χ0v) is 10.4. The molecule has 0 unspecified atom stereocenters. The first-order valence-electron chi connectivity index (χ1n) is 4.91. The number of nitrogens with zero attached hydrogens (tertiary/aromatic N) is 2. The summed E-state index contributed by atoms with van der Waals surface area (Å²) in [6.07, 6.45) is 2.90. The van der Waals surface area contributed by atoms with Crippen LogP contribution in [0.3, 0.4) is 0 Å². The summed E-state index contributed by atoms with van der Waals surface area (Å²) in [6, 6.07) is 3.67. The number of thiophene rings is 1. The minimum Gasteiger partial charge on any atom is -0.293 e. The zero-order chi connectivity index (χ0) is 11.5. The Morgan fingerprint density at radius 1 is 1.56 bits per heavy atom. The van der Waals surface area contributed by atoms with E-state index in [1.165, 1.54) is 11.3 Å². The molecule has 0 saturated carbocycles. The van der Waals surface area contributed by atoms with Gasteiger partial charge in [0.05, 0.1) is 9.90 Å². The Morgan fingerprint density at radius 3 is 2.94 bits per heavy atom. The summed E-state index contributed by atoms with van der Waals surface area (Å²) in [5.74, 6) is 0.0983. The molecule has 5 heteroatoms. The monoisotopic (exact) mass is 254 g/mol. The lowest BCUT2D eigenvalue weighted by Crippen LogP contribution is -2.03. The minimum absolute atomic E-state index is 0.0983. The average molecular weight is 255 g/mol. The van der Waals surface area contributed by atoms with E-state index in [-0.39, 0.29) is 5.78 Å². The van der Waals surface area contributed by atoms with Crippen LogP contribution in [-0.2, 0) is 13.5 Å². The van der Waals surface area contributed by atoms with Gasteiger partial charge in [-0.3, -0.25) is 9.48 Å². The second kappa shape index (κ2) is 4.80. The highest BCUT2D eigenvalue weighted by atomic mass is 35.5. The molecular weight excluding hydrogens is 244 g/mol. The van der Waals surface area contributed by atoms with Gasteiger partial charge in [-0.2, -0.15) is 5.10 Å². The van der Waals surface area contributed by atoms with Crippen LogP contribution in [0.4, 0.5) is 0 Å². The molecule has 0 spiro atoms. The first-order valence-corrected chi connectivity index (χ1v) is 6.17. The molecule has 0 aromatic carbocycles. The third-order valence-electron chi connectivity index (χ3n) is 2.40. The van der Waals surface area contributed by atoms with Gasteiger partial charge in [-0.05, 0) is 23.9 Å². The number of carbonyl (C=O) groups is 1. The van der Waals surface area contributed by atoms with Crippen LogP contribution in [0.15, 0.2) is 23.7 Å². The van der Waals surface area contributed by atoms with Crippen LogP contribution >= 0.6 is 22.9 Å². The van der Waals surface area contributed by atoms with E-state index in [0.717, 1.165) is 5.69 Å². The van der Waals surface area contributed by atoms with Crippen molar-refractivity contribution < 1.29 is 4.79 Å². The summed E-state index contributed by atoms with van der Waals surface area (Å²) in [5, 5.41) is 6.45. The fourth-order valence-electron chi connectivity index (χ4n) is 1.49. The third-order valence-corrected chi connectivity index (χ3v) is 3.78. The zero-order valence-electron chi connectivity index (χ0n) is 8.81. The summed E-state index contributed by atoms with van der Waals surface area (Å²) in [4.78, 5) is 12.5. The van der Waals surface area contributed by atoms with Crippen LogP contribution in [0.1, 0.15) is 21.8 Å². The van der Waals surface area contributed by atoms with Gasteiger partial charge in [-0.25, -0.2) is 0 Å². The molecule has 0 amide bonds. The predicted octanol–water partition coefficient (Wildman–Crippen LogP) is 2.95. The molecule has 0 N–H and O–H groups in total. The van der Waals surface area contributed by atoms with E-state index in [1.54, 1.807) is 16.9 Å². The Balaban J connectivity index is 1.99. The van der Waals surface area contributed by atoms with E-state index in [9.17, 15) is 4.79 Å². The lowest BCUT2D eigenvalue weighted by Gasteiger charge is -2.00. The van der Waals surface area contributed by atoms with Gasteiger partial charge in [-0.1, -0.05) is 11.6 Å². The van der Waals surface area contributed by atoms with Crippen LogP contribution in [0, 0.1) is 0 Å². The second-order valence-corrected chi connectivity index (χ2v) is 4.79. The number of carbonyl (C=O) groups excluding carboxylic acids is 1. The van der Waals surface area contributed by atoms with Gasteiger partial charge < -0.3 is 0 Å². The van der Waals surface area contributed by atoms with Crippen LogP contribution in [0.25, 0.3) is 0 Å². The van der Waals surface area contributed by atoms with Crippen molar-refractivity contribution in [2.24, 2.45) is 7.05 Å². The Bertz CT molecular complexity index is 504. The molecule has 0 fully saturated rings. The SMILES string of the molecule is Cn1nccc1CCC(=O)c1sccc1Cl. The van der Waals surface area contributed by atoms with Crippen molar-refractivity contribution in [1.82, 2.24) is 9.78 Å². The Labute approximate surface area is 103 Å². The Kier molecular flexibility index (Phi) is 3.41. The van der Waals surface area contributed by atoms with E-state index in [2.05, 4.69) is 5.10 Å². The Hall–Kier alpha value is -1.13. The van der Waals surface area contributed by atoms with E-state index >= 15 is 0 Å². The van der Waals surface area contributed by atoms with Crippen LogP contribution in [0.2, 0.25) is 5.02 Å². The number of hydrogen-bond donors (Lipinski definition) is 0. The van der Waals surface area contributed by atoms with Crippen molar-refractivity contribution in [2.75, 3.05) is 0 Å². The normalized spacial score (nSPS) is 10.6. The summed E-state index contributed by atoms with van der Waals surface area (Å²) in [7, 11) is 1.87. The molecule has 84 valence electrons. The highest BCUT2D eigenvalue weighted by Crippen LogP contribution is 2.23. The van der Waals surface area contributed by atoms with Crippen molar-refractivity contribution in [3.63, 3.8) is 0 Å². The van der Waals surface area contributed by atoms with E-state index in [4.69, 9.17) is 11.6 Å². The minimum atomic E-state index is 0.0983. The molecule has 2 heterocycles. The lowest BCUT2D eigenvalue weighted by atomic mass is 10.1. The highest BCUT2D eigenvalue weighted by molar-refractivity contribution is 7.12. The van der Waals surface area contributed by atoms with Crippen molar-refractivity contribution in [3.05, 3.63) is 39.3 Å². The first-order chi connectivity index (χ1) is 7.68. The number of Topliss-reactive ketones (excluding diaryl/α,β-unsaturated/α-hetero) is 1. The van der Waals surface area contributed by atoms with Gasteiger partial charge in [0.15, 0.2) is 5.78 Å². The van der Waals surface area contributed by atoms with Gasteiger partial charge in [0, 0.05) is 25.4 Å². The molecular formula is C11H11ClN2OS. The third kappa shape index (κ3) is 2.33. The summed E-state index contributed by atoms with van der Waals surface area (Å²) >= 11 is 7.29. The maximum absolute atomic E-state index is 11.8. The quantitative estimate of drug-likeness (QED) is 0.787. The number of hydrogen-bond acceptors (Lipinski definition) is 3. The molecule has 2 rings (SSSR count). The number of aromatic nitrogens is 2. The van der Waals surface area contributed by atoms with Crippen molar-refractivity contribution in [1.29, 1.82) is 0 Å². The molecule has 0 atom stereocenters. The van der Waals surface area contributed by atoms with Crippen LogP contribution in [-0.4, -0.2) is 15.6 Å². The summed E-state index contributed by atoms with van der Waals surface area (Å²) in [6.45, 7) is 0. The molecule has 0 radical (unpaired) electrons. The Morgan fingerprint density at radius 2 is 2.38 bits per heavy atom. The van der Waals surface area contributed by atoms with Crippen LogP contribution in [0.5, 0.6) is 0 Å². The van der Waals surface area contributed by atoms with Crippen molar-refractivity contribution in [2.45, 2.75) is 12.8 Å². The molecule has 16 heavy (non-hydrogen) atoms. The molecule has 2 aromatic rings. The maximum Gasteiger partial charge on any atom is 0.174 e. The summed E-state index contributed by atoms with van der Waals surface area (Å²) < 4.78 is 1.78. The smallest absolute Gasteiger partial charge is 0.174 e. The molecule has 2 aromatic heterocycles. The lowest BCUT2D eigenvalue weighted by molar-refractivity contribution is 0.0986. The average Bonchev–Trinajstić information content (AvgIpc) is 2.84. The molecule has 0 aliphatic heterocycles. The van der Waals surface area contributed by atoms with Gasteiger partial charge in [0.2, 0.25) is 0 Å². The fraction of sp³-hybridized carbons (Fsp3) is 0.273. The standard InChI is InChI=1S/C11H11ClN2OS/c1-14-8(4-6-13-14)2-3-10(15)11-9(12)5-7-16-11/h4-7H,2-3H2,1H3. The summed E-state index contributed by atoms with van der Waals surface area (Å²) in [5.41, 5.74) is 1.06. The topological polar surface area (TPSA) is 34.9 Å². The van der Waals surface area contributed by atoms with Crippen molar-refractivity contribution in [3.8, 4) is 0 Å². The van der Waals surface area contributed by atoms with Gasteiger partial charge >= 0.3 is 0 Å². The number of ketones is 1. The van der Waals surface area contributed by atoms with Crippen LogP contribution < -0.4 is 0 Å². The number of aryl methyl sites for hydroxylation is 2. The largest absolute Gasteiger partial charge is 0.293 e. The molecule has 0 aliphatic carbocycles. The number of halogens is 1. The molecule has 0 aliphatic rings. The fourth-order valence-corrected chi connectivity index (χ4v) is 2.63. The maximum atomic E-state index is 11.8. The first kappa shape index (κ1) is 11.4. The van der Waals surface area contributed by atoms with Gasteiger partial charge in [-0.15, -0.1) is 11.3 Å². The second-order valence-electron chi connectivity index (χ2n) is 3.47. The van der Waals surface area contributed by atoms with E-state index in [1.807, 2.05) is 18.5 Å². The molecule has 3 nitrogen and oxygen atoms in total. The van der Waals surface area contributed by atoms with Gasteiger partial charge in [0.25, 0.3) is 0 Å². The molecule has 0 bridgehead atoms. The number of rotatable bonds is 4. The van der Waals surface area contributed by atoms with Gasteiger partial charge in [0.1, 0.15) is 0 Å². The predicted molar refractivity (Wildman–Crippen MR) is 65.2 cm³/mol. The highest BCUT2D eigenvalue weighted by Gasteiger charge is 2.12.